The van der Waals surface area contributed by atoms with Crippen LogP contribution in [0.5, 0.6) is 0 Å². The van der Waals surface area contributed by atoms with Crippen molar-refractivity contribution in [1.29, 1.82) is 0 Å². The van der Waals surface area contributed by atoms with Crippen molar-refractivity contribution in [2.45, 2.75) is 39.7 Å². The Labute approximate surface area is 98.3 Å². The molecule has 0 fully saturated rings. The number of anilines is 1. The molecule has 0 saturated heterocycles. The minimum absolute atomic E-state index is 0.206. The number of rotatable bonds is 5. The van der Waals surface area contributed by atoms with Crippen LogP contribution >= 0.6 is 0 Å². The molecule has 0 radical (unpaired) electrons. The lowest BCUT2D eigenvalue weighted by atomic mass is 10.1. The number of hydrogen-bond donors (Lipinski definition) is 0. The van der Waals surface area contributed by atoms with Gasteiger partial charge in [0.25, 0.3) is 0 Å². The van der Waals surface area contributed by atoms with E-state index in [4.69, 9.17) is 0 Å². The maximum atomic E-state index is 11.5. The Morgan fingerprint density at radius 3 is 2.25 bits per heavy atom. The van der Waals surface area contributed by atoms with Crippen LogP contribution in [0.15, 0.2) is 24.3 Å². The summed E-state index contributed by atoms with van der Waals surface area (Å²) in [5, 5.41) is 0. The van der Waals surface area contributed by atoms with Gasteiger partial charge in [-0.05, 0) is 37.6 Å². The van der Waals surface area contributed by atoms with Crippen LogP contribution in [0, 0.1) is 0 Å². The summed E-state index contributed by atoms with van der Waals surface area (Å²) in [6.45, 7) is 6.27. The van der Waals surface area contributed by atoms with Crippen LogP contribution in [-0.2, 0) is 0 Å². The van der Waals surface area contributed by atoms with Gasteiger partial charge < -0.3 is 4.90 Å². The number of carbonyl (C=O) groups excluding carboxylic acids is 1. The van der Waals surface area contributed by atoms with Gasteiger partial charge in [-0.3, -0.25) is 4.79 Å². The van der Waals surface area contributed by atoms with E-state index in [9.17, 15) is 4.79 Å². The van der Waals surface area contributed by atoms with Crippen LogP contribution in [0.2, 0.25) is 0 Å². The fourth-order valence-corrected chi connectivity index (χ4v) is 1.61. The highest BCUT2D eigenvalue weighted by atomic mass is 16.1. The minimum atomic E-state index is 0.206. The molecule has 0 aromatic heterocycles. The predicted molar refractivity (Wildman–Crippen MR) is 69.2 cm³/mol. The third kappa shape index (κ3) is 2.84. The van der Waals surface area contributed by atoms with Gasteiger partial charge >= 0.3 is 0 Å². The van der Waals surface area contributed by atoms with E-state index in [1.807, 2.05) is 31.2 Å². The molecule has 2 nitrogen and oxygen atoms in total. The van der Waals surface area contributed by atoms with Crippen LogP contribution in [0.4, 0.5) is 5.69 Å². The van der Waals surface area contributed by atoms with Gasteiger partial charge in [-0.1, -0.05) is 13.8 Å². The Bertz CT molecular complexity index is 342. The maximum absolute atomic E-state index is 11.5. The first kappa shape index (κ1) is 12.8. The molecule has 0 N–H and O–H groups in total. The molecule has 1 atom stereocenters. The Hall–Kier alpha value is -1.31. The first-order chi connectivity index (χ1) is 7.60. The average Bonchev–Trinajstić information content (AvgIpc) is 2.36. The topological polar surface area (TPSA) is 20.3 Å². The van der Waals surface area contributed by atoms with Crippen molar-refractivity contribution in [3.8, 4) is 0 Å². The van der Waals surface area contributed by atoms with Gasteiger partial charge in [-0.2, -0.15) is 0 Å². The number of Topliss-reactive ketones (excluding diaryl/α,β-unsaturated/α-hetero) is 1. The fourth-order valence-electron chi connectivity index (χ4n) is 1.61. The van der Waals surface area contributed by atoms with Gasteiger partial charge in [-0.25, -0.2) is 0 Å². The summed E-state index contributed by atoms with van der Waals surface area (Å²) in [5.41, 5.74) is 1.98. The quantitative estimate of drug-likeness (QED) is 0.706. The third-order valence-corrected chi connectivity index (χ3v) is 3.17. The van der Waals surface area contributed by atoms with E-state index in [2.05, 4.69) is 25.8 Å². The summed E-state index contributed by atoms with van der Waals surface area (Å²) in [5.74, 6) is 0.206. The summed E-state index contributed by atoms with van der Waals surface area (Å²) in [7, 11) is 2.09. The van der Waals surface area contributed by atoms with Gasteiger partial charge in [0.15, 0.2) is 5.78 Å². The van der Waals surface area contributed by atoms with E-state index in [0.29, 0.717) is 12.5 Å². The van der Waals surface area contributed by atoms with Gasteiger partial charge in [0.05, 0.1) is 0 Å². The Kier molecular flexibility index (Phi) is 4.53. The number of hydrogen-bond acceptors (Lipinski definition) is 2. The second kappa shape index (κ2) is 5.69. The normalized spacial score (nSPS) is 12.2. The van der Waals surface area contributed by atoms with Crippen LogP contribution in [0.1, 0.15) is 44.0 Å². The van der Waals surface area contributed by atoms with Crippen LogP contribution in [-0.4, -0.2) is 18.9 Å². The van der Waals surface area contributed by atoms with E-state index in [1.165, 1.54) is 5.69 Å². The highest BCUT2D eigenvalue weighted by molar-refractivity contribution is 5.96. The smallest absolute Gasteiger partial charge is 0.162 e. The molecule has 1 unspecified atom stereocenters. The van der Waals surface area contributed by atoms with Gasteiger partial charge in [0.1, 0.15) is 0 Å². The zero-order chi connectivity index (χ0) is 12.1. The van der Waals surface area contributed by atoms with Gasteiger partial charge in [0.2, 0.25) is 0 Å². The molecular formula is C14H21NO. The van der Waals surface area contributed by atoms with Crippen LogP contribution < -0.4 is 4.90 Å². The predicted octanol–water partition coefficient (Wildman–Crippen LogP) is 3.51. The Morgan fingerprint density at radius 2 is 1.81 bits per heavy atom. The molecule has 2 heteroatoms. The SMILES string of the molecule is CCC(=O)c1ccc(N(C)C(C)CC)cc1. The summed E-state index contributed by atoms with van der Waals surface area (Å²) in [6.07, 6.45) is 1.69. The standard InChI is InChI=1S/C14H21NO/c1-5-11(3)15(4)13-9-7-12(8-10-13)14(16)6-2/h7-11H,5-6H2,1-4H3. The lowest BCUT2D eigenvalue weighted by Gasteiger charge is -2.26. The molecule has 0 saturated carbocycles. The molecule has 0 spiro atoms. The number of benzene rings is 1. The zero-order valence-corrected chi connectivity index (χ0v) is 10.7. The molecule has 16 heavy (non-hydrogen) atoms. The Balaban J connectivity index is 2.82. The molecule has 0 heterocycles. The van der Waals surface area contributed by atoms with Crippen molar-refractivity contribution in [2.24, 2.45) is 0 Å². The average molecular weight is 219 g/mol. The molecule has 0 amide bonds. The summed E-state index contributed by atoms with van der Waals surface area (Å²) in [4.78, 5) is 13.7. The lowest BCUT2D eigenvalue weighted by Crippen LogP contribution is -2.27. The van der Waals surface area contributed by atoms with E-state index in [1.54, 1.807) is 0 Å². The molecule has 0 aliphatic carbocycles. The summed E-state index contributed by atoms with van der Waals surface area (Å²) < 4.78 is 0. The molecule has 0 bridgehead atoms. The zero-order valence-electron chi connectivity index (χ0n) is 10.7. The number of nitrogens with zero attached hydrogens (tertiary/aromatic N) is 1. The number of carbonyl (C=O) groups is 1. The molecule has 1 aromatic carbocycles. The van der Waals surface area contributed by atoms with Crippen LogP contribution in [0.3, 0.4) is 0 Å². The van der Waals surface area contributed by atoms with E-state index in [0.717, 1.165) is 12.0 Å². The van der Waals surface area contributed by atoms with E-state index < -0.39 is 0 Å². The monoisotopic (exact) mass is 219 g/mol. The first-order valence-electron chi connectivity index (χ1n) is 5.96. The largest absolute Gasteiger partial charge is 0.372 e. The second-order valence-electron chi connectivity index (χ2n) is 4.19. The van der Waals surface area contributed by atoms with Crippen molar-refractivity contribution in [3.63, 3.8) is 0 Å². The molecular weight excluding hydrogens is 198 g/mol. The van der Waals surface area contributed by atoms with Crippen molar-refractivity contribution < 1.29 is 4.79 Å². The maximum Gasteiger partial charge on any atom is 0.162 e. The van der Waals surface area contributed by atoms with Crippen LogP contribution in [0.25, 0.3) is 0 Å². The molecule has 1 rings (SSSR count). The van der Waals surface area contributed by atoms with E-state index >= 15 is 0 Å². The van der Waals surface area contributed by atoms with Crippen molar-refractivity contribution in [3.05, 3.63) is 29.8 Å². The Morgan fingerprint density at radius 1 is 1.25 bits per heavy atom. The summed E-state index contributed by atoms with van der Waals surface area (Å²) >= 11 is 0. The summed E-state index contributed by atoms with van der Waals surface area (Å²) in [6, 6.07) is 8.40. The minimum Gasteiger partial charge on any atom is -0.372 e. The van der Waals surface area contributed by atoms with Gasteiger partial charge in [0, 0.05) is 30.8 Å². The highest BCUT2D eigenvalue weighted by Crippen LogP contribution is 2.18. The van der Waals surface area contributed by atoms with Crippen molar-refractivity contribution in [2.75, 3.05) is 11.9 Å². The first-order valence-corrected chi connectivity index (χ1v) is 5.96. The van der Waals surface area contributed by atoms with Gasteiger partial charge in [-0.15, -0.1) is 0 Å². The second-order valence-corrected chi connectivity index (χ2v) is 4.19. The molecule has 88 valence electrons. The highest BCUT2D eigenvalue weighted by Gasteiger charge is 2.08. The van der Waals surface area contributed by atoms with Crippen molar-refractivity contribution in [1.82, 2.24) is 0 Å². The fraction of sp³-hybridized carbons (Fsp3) is 0.500. The molecule has 0 aliphatic rings. The molecule has 1 aromatic rings. The van der Waals surface area contributed by atoms with E-state index in [-0.39, 0.29) is 5.78 Å². The molecule has 0 aliphatic heterocycles. The number of ketones is 1. The third-order valence-electron chi connectivity index (χ3n) is 3.17. The van der Waals surface area contributed by atoms with Crippen molar-refractivity contribution >= 4 is 11.5 Å². The lowest BCUT2D eigenvalue weighted by molar-refractivity contribution is 0.0988.